The molecule has 0 radical (unpaired) electrons. The Morgan fingerprint density at radius 1 is 1.24 bits per heavy atom. The van der Waals surface area contributed by atoms with Crippen molar-refractivity contribution in [3.63, 3.8) is 0 Å². The summed E-state index contributed by atoms with van der Waals surface area (Å²) in [5.41, 5.74) is 2.25. The number of nitrogens with zero attached hydrogens (tertiary/aromatic N) is 2. The number of hydrogen-bond acceptors (Lipinski definition) is 5. The van der Waals surface area contributed by atoms with E-state index >= 15 is 0 Å². The summed E-state index contributed by atoms with van der Waals surface area (Å²) >= 11 is 12.2. The molecule has 0 unspecified atom stereocenters. The van der Waals surface area contributed by atoms with E-state index in [1.165, 1.54) is 19.3 Å². The molecule has 25 heavy (non-hydrogen) atoms. The van der Waals surface area contributed by atoms with Crippen LogP contribution in [0.3, 0.4) is 0 Å². The number of carbonyl (C=O) groups is 2. The summed E-state index contributed by atoms with van der Waals surface area (Å²) < 4.78 is 10.7. The van der Waals surface area contributed by atoms with Gasteiger partial charge in [-0.15, -0.1) is 0 Å². The van der Waals surface area contributed by atoms with Gasteiger partial charge in [-0.05, 0) is 30.7 Å². The molecule has 0 spiro atoms. The van der Waals surface area contributed by atoms with E-state index in [2.05, 4.69) is 9.84 Å². The molecule has 0 N–H and O–H groups in total. The number of carbonyl (C=O) groups excluding carboxylic acids is 2. The number of esters is 2. The van der Waals surface area contributed by atoms with Crippen LogP contribution in [-0.4, -0.2) is 35.4 Å². The molecule has 0 saturated heterocycles. The number of aryl methyl sites for hydroxylation is 1. The summed E-state index contributed by atoms with van der Waals surface area (Å²) in [5, 5.41) is 5.41. The van der Waals surface area contributed by atoms with E-state index in [9.17, 15) is 9.59 Å². The fourth-order valence-electron chi connectivity index (χ4n) is 2.01. The van der Waals surface area contributed by atoms with Gasteiger partial charge in [0.1, 0.15) is 5.15 Å². The number of halogens is 2. The van der Waals surface area contributed by atoms with Crippen LogP contribution < -0.4 is 0 Å². The van der Waals surface area contributed by atoms with Crippen molar-refractivity contribution >= 4 is 41.2 Å². The Morgan fingerprint density at radius 2 is 1.92 bits per heavy atom. The van der Waals surface area contributed by atoms with E-state index in [0.717, 1.165) is 5.56 Å². The van der Waals surface area contributed by atoms with Gasteiger partial charge in [0.15, 0.2) is 6.61 Å². The molecule has 0 aliphatic heterocycles. The summed E-state index contributed by atoms with van der Waals surface area (Å²) in [5.74, 6) is -1.31. The number of benzene rings is 1. The molecule has 6 nitrogen and oxygen atoms in total. The monoisotopic (exact) mass is 382 g/mol. The highest BCUT2D eigenvalue weighted by molar-refractivity contribution is 6.31. The van der Waals surface area contributed by atoms with Crippen molar-refractivity contribution in [2.45, 2.75) is 13.5 Å². The van der Waals surface area contributed by atoms with Crippen LogP contribution in [-0.2, 0) is 25.6 Å². The fraction of sp³-hybridized carbons (Fsp3) is 0.235. The van der Waals surface area contributed by atoms with Gasteiger partial charge < -0.3 is 9.47 Å². The molecular weight excluding hydrogens is 367 g/mol. The zero-order chi connectivity index (χ0) is 18.4. The van der Waals surface area contributed by atoms with Gasteiger partial charge in [0, 0.05) is 16.7 Å². The number of hydrogen-bond donors (Lipinski definition) is 0. The van der Waals surface area contributed by atoms with E-state index < -0.39 is 18.5 Å². The summed E-state index contributed by atoms with van der Waals surface area (Å²) in [7, 11) is 1.21. The number of aromatic nitrogens is 2. The van der Waals surface area contributed by atoms with E-state index in [1.807, 2.05) is 12.1 Å². The predicted octanol–water partition coefficient (Wildman–Crippen LogP) is 3.28. The maximum atomic E-state index is 11.6. The van der Waals surface area contributed by atoms with Crippen LogP contribution in [0.15, 0.2) is 30.3 Å². The van der Waals surface area contributed by atoms with E-state index in [4.69, 9.17) is 27.9 Å². The predicted molar refractivity (Wildman–Crippen MR) is 94.5 cm³/mol. The van der Waals surface area contributed by atoms with Crippen molar-refractivity contribution in [1.29, 1.82) is 0 Å². The summed E-state index contributed by atoms with van der Waals surface area (Å²) in [6, 6.07) is 7.35. The molecule has 0 aliphatic rings. The van der Waals surface area contributed by atoms with Gasteiger partial charge >= 0.3 is 11.9 Å². The summed E-state index contributed by atoms with van der Waals surface area (Å²) in [4.78, 5) is 22.5. The molecule has 0 saturated carbocycles. The Hall–Kier alpha value is -2.31. The maximum absolute atomic E-state index is 11.6. The van der Waals surface area contributed by atoms with Crippen LogP contribution in [0.4, 0.5) is 0 Å². The van der Waals surface area contributed by atoms with Crippen molar-refractivity contribution < 1.29 is 19.1 Å². The number of rotatable bonds is 6. The summed E-state index contributed by atoms with van der Waals surface area (Å²) in [6.07, 6.45) is 2.69. The van der Waals surface area contributed by atoms with E-state index in [-0.39, 0.29) is 0 Å². The Labute approximate surface area is 154 Å². The molecule has 0 fully saturated rings. The molecule has 0 bridgehead atoms. The van der Waals surface area contributed by atoms with Crippen molar-refractivity contribution in [1.82, 2.24) is 9.78 Å². The van der Waals surface area contributed by atoms with Gasteiger partial charge in [-0.3, -0.25) is 0 Å². The van der Waals surface area contributed by atoms with E-state index in [0.29, 0.717) is 28.0 Å². The van der Waals surface area contributed by atoms with E-state index in [1.54, 1.807) is 23.7 Å². The van der Waals surface area contributed by atoms with Crippen LogP contribution >= 0.6 is 23.2 Å². The molecule has 0 aliphatic carbocycles. The minimum absolute atomic E-state index is 0.393. The maximum Gasteiger partial charge on any atom is 0.344 e. The minimum Gasteiger partial charge on any atom is -0.466 e. The molecule has 1 heterocycles. The third-order valence-electron chi connectivity index (χ3n) is 3.30. The second-order valence-electron chi connectivity index (χ2n) is 5.09. The molecule has 8 heteroatoms. The minimum atomic E-state index is -0.675. The Morgan fingerprint density at radius 3 is 2.56 bits per heavy atom. The first kappa shape index (κ1) is 19.0. The highest BCUT2D eigenvalue weighted by Crippen LogP contribution is 2.22. The van der Waals surface area contributed by atoms with Gasteiger partial charge in [-0.2, -0.15) is 5.10 Å². The Bertz CT molecular complexity index is 798. The first-order chi connectivity index (χ1) is 11.9. The lowest BCUT2D eigenvalue weighted by atomic mass is 10.2. The third-order valence-corrected chi connectivity index (χ3v) is 3.95. The van der Waals surface area contributed by atoms with Gasteiger partial charge in [0.25, 0.3) is 0 Å². The largest absolute Gasteiger partial charge is 0.466 e. The number of methoxy groups -OCH3 is 1. The van der Waals surface area contributed by atoms with Crippen LogP contribution in [0.5, 0.6) is 0 Å². The van der Waals surface area contributed by atoms with Crippen LogP contribution in [0.25, 0.3) is 6.08 Å². The molecule has 2 rings (SSSR count). The lowest BCUT2D eigenvalue weighted by molar-refractivity contribution is -0.154. The molecule has 0 amide bonds. The molecular formula is C17H16Cl2N2O4. The smallest absolute Gasteiger partial charge is 0.344 e. The average Bonchev–Trinajstić information content (AvgIpc) is 2.86. The van der Waals surface area contributed by atoms with Gasteiger partial charge in [-0.1, -0.05) is 35.3 Å². The first-order valence-corrected chi connectivity index (χ1v) is 8.05. The summed E-state index contributed by atoms with van der Waals surface area (Å²) in [6.45, 7) is 1.81. The normalized spacial score (nSPS) is 10.9. The highest BCUT2D eigenvalue weighted by atomic mass is 35.5. The molecule has 1 aromatic carbocycles. The molecule has 132 valence electrons. The molecule has 2 aromatic rings. The zero-order valence-corrected chi connectivity index (χ0v) is 15.2. The van der Waals surface area contributed by atoms with Crippen molar-refractivity contribution in [2.24, 2.45) is 0 Å². The van der Waals surface area contributed by atoms with Crippen molar-refractivity contribution in [2.75, 3.05) is 13.7 Å². The quantitative estimate of drug-likeness (QED) is 0.566. The lowest BCUT2D eigenvalue weighted by Crippen LogP contribution is -2.13. The number of ether oxygens (including phenoxy) is 2. The van der Waals surface area contributed by atoms with Gasteiger partial charge in [0.05, 0.1) is 19.3 Å². The van der Waals surface area contributed by atoms with Gasteiger partial charge in [-0.25, -0.2) is 14.3 Å². The first-order valence-electron chi connectivity index (χ1n) is 7.29. The topological polar surface area (TPSA) is 70.4 Å². The van der Waals surface area contributed by atoms with Crippen molar-refractivity contribution in [3.05, 3.63) is 57.3 Å². The second kappa shape index (κ2) is 8.69. The average molecular weight is 383 g/mol. The van der Waals surface area contributed by atoms with Crippen LogP contribution in [0, 0.1) is 6.92 Å². The third kappa shape index (κ3) is 5.34. The van der Waals surface area contributed by atoms with Crippen molar-refractivity contribution in [3.8, 4) is 0 Å². The second-order valence-corrected chi connectivity index (χ2v) is 5.89. The molecule has 1 aromatic heterocycles. The SMILES string of the molecule is COC(=O)COC(=O)/C=C/c1c(C)nn(Cc2ccc(Cl)cc2)c1Cl. The van der Waals surface area contributed by atoms with Crippen LogP contribution in [0.1, 0.15) is 16.8 Å². The molecule has 0 atom stereocenters. The Balaban J connectivity index is 2.08. The lowest BCUT2D eigenvalue weighted by Gasteiger charge is -2.03. The Kier molecular flexibility index (Phi) is 6.61. The zero-order valence-electron chi connectivity index (χ0n) is 13.7. The standard InChI is InChI=1S/C17H16Cl2N2O4/c1-11-14(7-8-15(22)25-10-16(23)24-2)17(19)21(20-11)9-12-3-5-13(18)6-4-12/h3-8H,9-10H2,1-2H3/b8-7+. The highest BCUT2D eigenvalue weighted by Gasteiger charge is 2.12. The fourth-order valence-corrected chi connectivity index (χ4v) is 2.44. The van der Waals surface area contributed by atoms with Gasteiger partial charge in [0.2, 0.25) is 0 Å². The van der Waals surface area contributed by atoms with Crippen LogP contribution in [0.2, 0.25) is 10.2 Å².